The summed E-state index contributed by atoms with van der Waals surface area (Å²) in [5, 5.41) is 0. The van der Waals surface area contributed by atoms with Crippen molar-refractivity contribution in [2.45, 2.75) is 8.13 Å². The molecular formula is C9H4Cl5NO2. The van der Waals surface area contributed by atoms with Crippen LogP contribution in [-0.4, -0.2) is 24.7 Å². The van der Waals surface area contributed by atoms with Gasteiger partial charge < -0.3 is 0 Å². The minimum absolute atomic E-state index is 0.0418. The average Bonchev–Trinajstić information content (AvgIpc) is 2.27. The van der Waals surface area contributed by atoms with Gasteiger partial charge in [-0.05, 0) is 12.1 Å². The van der Waals surface area contributed by atoms with E-state index >= 15 is 0 Å². The summed E-state index contributed by atoms with van der Waals surface area (Å²) in [5.74, 6) is -2.13. The summed E-state index contributed by atoms with van der Waals surface area (Å²) >= 11 is 27.3. The Bertz CT molecular complexity index is 440. The van der Waals surface area contributed by atoms with E-state index in [9.17, 15) is 9.59 Å². The summed E-state index contributed by atoms with van der Waals surface area (Å²) in [4.78, 5) is 27.1. The van der Waals surface area contributed by atoms with Gasteiger partial charge in [-0.15, -0.1) is 0 Å². The minimum atomic E-state index is -2.46. The molecule has 3 nitrogen and oxygen atoms in total. The first kappa shape index (κ1) is 15.0. The van der Waals surface area contributed by atoms with Crippen LogP contribution < -0.4 is 0 Å². The second-order valence-corrected chi connectivity index (χ2v) is 6.58. The standard InChI is InChI=1S/C9H4Cl5NO2/c10-8(11,7(17)9(12,13)14)6(16)5-2-1-3-15-4-5/h1-4H. The normalized spacial score (nSPS) is 12.3. The number of alkyl halides is 5. The number of pyridine rings is 1. The number of hydrogen-bond acceptors (Lipinski definition) is 3. The second-order valence-electron chi connectivity index (χ2n) is 2.97. The molecule has 0 aliphatic rings. The summed E-state index contributed by atoms with van der Waals surface area (Å²) in [7, 11) is 0. The second kappa shape index (κ2) is 5.29. The molecule has 0 saturated heterocycles. The van der Waals surface area contributed by atoms with Crippen molar-refractivity contribution in [3.63, 3.8) is 0 Å². The first-order chi connectivity index (χ1) is 7.67. The lowest BCUT2D eigenvalue weighted by molar-refractivity contribution is -0.117. The Labute approximate surface area is 122 Å². The number of nitrogens with zero attached hydrogens (tertiary/aromatic N) is 1. The van der Waals surface area contributed by atoms with Gasteiger partial charge in [0.25, 0.3) is 3.79 Å². The van der Waals surface area contributed by atoms with Crippen LogP contribution in [0, 0.1) is 0 Å². The fraction of sp³-hybridized carbons (Fsp3) is 0.222. The van der Waals surface area contributed by atoms with Gasteiger partial charge >= 0.3 is 0 Å². The molecule has 0 amide bonds. The van der Waals surface area contributed by atoms with Gasteiger partial charge in [-0.25, -0.2) is 0 Å². The minimum Gasteiger partial charge on any atom is -0.291 e. The Morgan fingerprint density at radius 3 is 2.12 bits per heavy atom. The summed E-state index contributed by atoms with van der Waals surface area (Å²) in [6.07, 6.45) is 2.64. The molecule has 8 heteroatoms. The van der Waals surface area contributed by atoms with E-state index in [-0.39, 0.29) is 5.56 Å². The van der Waals surface area contributed by atoms with Crippen LogP contribution in [0.5, 0.6) is 0 Å². The highest BCUT2D eigenvalue weighted by Crippen LogP contribution is 2.38. The van der Waals surface area contributed by atoms with E-state index in [1.54, 1.807) is 0 Å². The number of halogens is 5. The SMILES string of the molecule is O=C(c1cccnc1)C(Cl)(Cl)C(=O)C(Cl)(Cl)Cl. The highest BCUT2D eigenvalue weighted by molar-refractivity contribution is 6.83. The number of ketones is 2. The van der Waals surface area contributed by atoms with Gasteiger partial charge in [-0.3, -0.25) is 14.6 Å². The van der Waals surface area contributed by atoms with Crippen molar-refractivity contribution in [1.82, 2.24) is 4.98 Å². The molecular weight excluding hydrogens is 331 g/mol. The fourth-order valence-electron chi connectivity index (χ4n) is 0.959. The van der Waals surface area contributed by atoms with E-state index in [2.05, 4.69) is 4.98 Å². The maximum absolute atomic E-state index is 11.9. The van der Waals surface area contributed by atoms with E-state index in [1.807, 2.05) is 0 Å². The number of carbonyl (C=O) groups excluding carboxylic acids is 2. The monoisotopic (exact) mass is 333 g/mol. The summed E-state index contributed by atoms with van der Waals surface area (Å²) < 4.78 is -4.84. The van der Waals surface area contributed by atoms with Crippen molar-refractivity contribution >= 4 is 69.6 Å². The summed E-state index contributed by atoms with van der Waals surface area (Å²) in [6.45, 7) is 0. The van der Waals surface area contributed by atoms with Gasteiger partial charge in [0.15, 0.2) is 0 Å². The van der Waals surface area contributed by atoms with Gasteiger partial charge in [0.2, 0.25) is 15.9 Å². The number of hydrogen-bond donors (Lipinski definition) is 0. The Morgan fingerprint density at radius 2 is 1.71 bits per heavy atom. The van der Waals surface area contributed by atoms with Gasteiger partial charge in [0.1, 0.15) is 0 Å². The van der Waals surface area contributed by atoms with E-state index in [1.165, 1.54) is 24.5 Å². The quantitative estimate of drug-likeness (QED) is 0.483. The predicted octanol–water partition coefficient (Wildman–Crippen LogP) is 3.38. The van der Waals surface area contributed by atoms with E-state index in [4.69, 9.17) is 58.0 Å². The third kappa shape index (κ3) is 3.46. The highest BCUT2D eigenvalue weighted by atomic mass is 35.6. The molecule has 0 aliphatic carbocycles. The van der Waals surface area contributed by atoms with E-state index in [0.29, 0.717) is 0 Å². The van der Waals surface area contributed by atoms with Crippen LogP contribution in [0.3, 0.4) is 0 Å². The molecule has 92 valence electrons. The Kier molecular flexibility index (Phi) is 4.67. The third-order valence-corrected chi connectivity index (χ3v) is 2.95. The van der Waals surface area contributed by atoms with Crippen molar-refractivity contribution in [2.24, 2.45) is 0 Å². The molecule has 1 aromatic rings. The molecule has 0 spiro atoms. The summed E-state index contributed by atoms with van der Waals surface area (Å²) in [6, 6.07) is 2.87. The first-order valence-corrected chi connectivity index (χ1v) is 6.00. The lowest BCUT2D eigenvalue weighted by atomic mass is 10.1. The van der Waals surface area contributed by atoms with Gasteiger partial charge in [0.05, 0.1) is 0 Å². The van der Waals surface area contributed by atoms with Crippen molar-refractivity contribution in [2.75, 3.05) is 0 Å². The summed E-state index contributed by atoms with van der Waals surface area (Å²) in [5.41, 5.74) is 0.0418. The fourth-order valence-corrected chi connectivity index (χ4v) is 2.18. The molecule has 0 N–H and O–H groups in total. The predicted molar refractivity (Wildman–Crippen MR) is 68.3 cm³/mol. The maximum Gasteiger partial charge on any atom is 0.252 e. The molecule has 0 atom stereocenters. The van der Waals surface area contributed by atoms with Crippen LogP contribution in [0.25, 0.3) is 0 Å². The van der Waals surface area contributed by atoms with Crippen molar-refractivity contribution in [1.29, 1.82) is 0 Å². The molecule has 1 rings (SSSR count). The van der Waals surface area contributed by atoms with Gasteiger partial charge in [-0.1, -0.05) is 58.0 Å². The zero-order chi connectivity index (χ0) is 13.3. The molecule has 0 aromatic carbocycles. The van der Waals surface area contributed by atoms with E-state index < -0.39 is 19.7 Å². The number of rotatable bonds is 3. The molecule has 0 unspecified atom stereocenters. The number of Topliss-reactive ketones (excluding diaryl/α,β-unsaturated/α-hetero) is 2. The molecule has 0 radical (unpaired) electrons. The molecule has 0 saturated carbocycles. The Hall–Kier alpha value is -0.0600. The van der Waals surface area contributed by atoms with Crippen molar-refractivity contribution < 1.29 is 9.59 Å². The molecule has 1 aromatic heterocycles. The van der Waals surface area contributed by atoms with Crippen LogP contribution in [0.2, 0.25) is 0 Å². The molecule has 17 heavy (non-hydrogen) atoms. The number of aromatic nitrogens is 1. The highest BCUT2D eigenvalue weighted by Gasteiger charge is 2.51. The molecule has 0 aliphatic heterocycles. The van der Waals surface area contributed by atoms with Crippen LogP contribution in [0.1, 0.15) is 10.4 Å². The third-order valence-electron chi connectivity index (χ3n) is 1.75. The lowest BCUT2D eigenvalue weighted by Gasteiger charge is -2.20. The Balaban J connectivity index is 3.08. The lowest BCUT2D eigenvalue weighted by Crippen LogP contribution is -2.42. The van der Waals surface area contributed by atoms with Crippen LogP contribution in [0.15, 0.2) is 24.5 Å². The molecule has 0 bridgehead atoms. The van der Waals surface area contributed by atoms with Crippen LogP contribution in [0.4, 0.5) is 0 Å². The first-order valence-electron chi connectivity index (χ1n) is 4.11. The molecule has 0 fully saturated rings. The van der Waals surface area contributed by atoms with Gasteiger partial charge in [-0.2, -0.15) is 0 Å². The van der Waals surface area contributed by atoms with Crippen LogP contribution >= 0.6 is 58.0 Å². The maximum atomic E-state index is 11.9. The van der Waals surface area contributed by atoms with E-state index in [0.717, 1.165) is 0 Å². The zero-order valence-electron chi connectivity index (χ0n) is 7.96. The largest absolute Gasteiger partial charge is 0.291 e. The smallest absolute Gasteiger partial charge is 0.252 e. The number of carbonyl (C=O) groups is 2. The van der Waals surface area contributed by atoms with Crippen LogP contribution in [-0.2, 0) is 4.79 Å². The molecule has 1 heterocycles. The zero-order valence-corrected chi connectivity index (χ0v) is 11.7. The topological polar surface area (TPSA) is 47.0 Å². The van der Waals surface area contributed by atoms with Crippen molar-refractivity contribution in [3.8, 4) is 0 Å². The van der Waals surface area contributed by atoms with Crippen molar-refractivity contribution in [3.05, 3.63) is 30.1 Å². The van der Waals surface area contributed by atoms with Gasteiger partial charge in [0, 0.05) is 18.0 Å². The average molecular weight is 335 g/mol. The Morgan fingerprint density at radius 1 is 1.12 bits per heavy atom.